The summed E-state index contributed by atoms with van der Waals surface area (Å²) in [5, 5.41) is 19.2. The molecule has 3 heteroatoms. The maximum Gasteiger partial charge on any atom is 0.161 e. The van der Waals surface area contributed by atoms with Crippen molar-refractivity contribution in [2.75, 3.05) is 0 Å². The van der Waals surface area contributed by atoms with Crippen molar-refractivity contribution in [3.63, 3.8) is 0 Å². The van der Waals surface area contributed by atoms with E-state index in [0.717, 1.165) is 34.6 Å². The molecule has 0 radical (unpaired) electrons. The monoisotopic (exact) mass is 380 g/mol. The van der Waals surface area contributed by atoms with E-state index in [1.54, 1.807) is 0 Å². The topological polar surface area (TPSA) is 49.7 Å². The molecule has 4 aromatic rings. The summed E-state index contributed by atoms with van der Waals surface area (Å²) in [6.45, 7) is 0. The summed E-state index contributed by atoms with van der Waals surface area (Å²) in [5.74, 6) is 1.96. The van der Waals surface area contributed by atoms with Crippen molar-refractivity contribution in [3.8, 4) is 34.1 Å². The van der Waals surface area contributed by atoms with E-state index in [9.17, 15) is 10.2 Å². The third-order valence-electron chi connectivity index (χ3n) is 5.48. The zero-order valence-electron chi connectivity index (χ0n) is 15.8. The second-order valence-electron chi connectivity index (χ2n) is 7.29. The van der Waals surface area contributed by atoms with Crippen molar-refractivity contribution in [1.82, 2.24) is 0 Å². The van der Waals surface area contributed by atoms with Crippen molar-refractivity contribution < 1.29 is 14.9 Å². The SMILES string of the molecule is Oc1ccc2c(c1O)Cc1ccccc1-2.c1ccc2c(c1)Cc1ccccc1O2. The van der Waals surface area contributed by atoms with Gasteiger partial charge < -0.3 is 14.9 Å². The Hall–Kier alpha value is -3.72. The zero-order valence-corrected chi connectivity index (χ0v) is 15.8. The van der Waals surface area contributed by atoms with Crippen LogP contribution < -0.4 is 4.74 Å². The first-order valence-corrected chi connectivity index (χ1v) is 9.66. The summed E-state index contributed by atoms with van der Waals surface area (Å²) in [7, 11) is 0. The molecule has 2 N–H and O–H groups in total. The smallest absolute Gasteiger partial charge is 0.161 e. The Morgan fingerprint density at radius 1 is 0.552 bits per heavy atom. The fraction of sp³-hybridized carbons (Fsp3) is 0.0769. The van der Waals surface area contributed by atoms with E-state index >= 15 is 0 Å². The minimum atomic E-state index is -0.0402. The molecule has 0 bridgehead atoms. The number of hydrogen-bond acceptors (Lipinski definition) is 3. The molecule has 0 aromatic heterocycles. The molecule has 29 heavy (non-hydrogen) atoms. The standard InChI is InChI=1S/C13H10O2.C13H10O/c14-12-6-5-10-9-4-2-1-3-8(9)7-11(10)13(12)15;1-3-7-12-10(5-1)9-11-6-2-4-8-13(11)14-12/h1-6,14-15H,7H2;1-8H,9H2. The summed E-state index contributed by atoms with van der Waals surface area (Å²) >= 11 is 0. The third kappa shape index (κ3) is 3.11. The Morgan fingerprint density at radius 2 is 1.14 bits per heavy atom. The predicted octanol–water partition coefficient (Wildman–Crippen LogP) is 6.05. The fourth-order valence-corrected chi connectivity index (χ4v) is 4.01. The van der Waals surface area contributed by atoms with Crippen molar-refractivity contribution in [2.24, 2.45) is 0 Å². The number of phenolic OH excluding ortho intramolecular Hbond substituents is 2. The lowest BCUT2D eigenvalue weighted by Gasteiger charge is -2.19. The van der Waals surface area contributed by atoms with Crippen LogP contribution in [0.1, 0.15) is 22.3 Å². The molecule has 0 unspecified atom stereocenters. The van der Waals surface area contributed by atoms with Gasteiger partial charge in [-0.05, 0) is 46.0 Å². The van der Waals surface area contributed by atoms with Crippen LogP contribution in [0.3, 0.4) is 0 Å². The number of para-hydroxylation sites is 2. The minimum absolute atomic E-state index is 0.0173. The average Bonchev–Trinajstić information content (AvgIpc) is 3.15. The molecule has 0 spiro atoms. The lowest BCUT2D eigenvalue weighted by atomic mass is 10.0. The highest BCUT2D eigenvalue weighted by molar-refractivity contribution is 5.80. The van der Waals surface area contributed by atoms with Crippen LogP contribution in [0.2, 0.25) is 0 Å². The number of ether oxygens (including phenoxy) is 1. The second kappa shape index (κ2) is 7.02. The fourth-order valence-electron chi connectivity index (χ4n) is 4.01. The van der Waals surface area contributed by atoms with Crippen LogP contribution in [0.15, 0.2) is 84.9 Å². The molecule has 2 aliphatic rings. The highest BCUT2D eigenvalue weighted by Crippen LogP contribution is 2.44. The molecular formula is C26H20O3. The van der Waals surface area contributed by atoms with Crippen LogP contribution in [0, 0.1) is 0 Å². The normalized spacial score (nSPS) is 12.4. The van der Waals surface area contributed by atoms with Crippen LogP contribution >= 0.6 is 0 Å². The quantitative estimate of drug-likeness (QED) is 0.315. The molecule has 3 nitrogen and oxygen atoms in total. The van der Waals surface area contributed by atoms with Gasteiger partial charge in [0, 0.05) is 18.4 Å². The molecule has 0 saturated carbocycles. The molecule has 1 aliphatic carbocycles. The van der Waals surface area contributed by atoms with Gasteiger partial charge in [0.2, 0.25) is 0 Å². The molecule has 1 aliphatic heterocycles. The highest BCUT2D eigenvalue weighted by atomic mass is 16.5. The Labute approximate surface area is 169 Å². The van der Waals surface area contributed by atoms with Gasteiger partial charge in [0.05, 0.1) is 0 Å². The van der Waals surface area contributed by atoms with E-state index in [1.165, 1.54) is 22.8 Å². The summed E-state index contributed by atoms with van der Waals surface area (Å²) < 4.78 is 5.78. The van der Waals surface area contributed by atoms with Gasteiger partial charge in [-0.2, -0.15) is 0 Å². The van der Waals surface area contributed by atoms with Gasteiger partial charge in [-0.15, -0.1) is 0 Å². The van der Waals surface area contributed by atoms with Crippen LogP contribution in [-0.4, -0.2) is 10.2 Å². The molecular weight excluding hydrogens is 360 g/mol. The number of rotatable bonds is 0. The number of benzene rings is 4. The van der Waals surface area contributed by atoms with Gasteiger partial charge >= 0.3 is 0 Å². The van der Waals surface area contributed by atoms with Gasteiger partial charge in [-0.1, -0.05) is 66.7 Å². The molecule has 0 fully saturated rings. The van der Waals surface area contributed by atoms with E-state index in [-0.39, 0.29) is 11.5 Å². The van der Waals surface area contributed by atoms with Gasteiger partial charge in [0.1, 0.15) is 11.5 Å². The first-order valence-electron chi connectivity index (χ1n) is 9.66. The van der Waals surface area contributed by atoms with Gasteiger partial charge in [-0.3, -0.25) is 0 Å². The Balaban J connectivity index is 0.000000125. The van der Waals surface area contributed by atoms with Gasteiger partial charge in [-0.25, -0.2) is 0 Å². The number of aromatic hydroxyl groups is 2. The van der Waals surface area contributed by atoms with Crippen LogP contribution in [0.4, 0.5) is 0 Å². The maximum absolute atomic E-state index is 9.74. The van der Waals surface area contributed by atoms with Gasteiger partial charge in [0.25, 0.3) is 0 Å². The summed E-state index contributed by atoms with van der Waals surface area (Å²) in [6, 6.07) is 27.8. The lowest BCUT2D eigenvalue weighted by Crippen LogP contribution is -2.01. The second-order valence-corrected chi connectivity index (χ2v) is 7.29. The summed E-state index contributed by atoms with van der Waals surface area (Å²) in [5.41, 5.74) is 6.76. The Bertz CT molecular complexity index is 1120. The summed E-state index contributed by atoms with van der Waals surface area (Å²) in [6.07, 6.45) is 1.68. The molecule has 142 valence electrons. The molecule has 4 aromatic carbocycles. The molecule has 6 rings (SSSR count). The maximum atomic E-state index is 9.74. The number of phenols is 2. The molecule has 0 amide bonds. The Kier molecular flexibility index (Phi) is 4.21. The van der Waals surface area contributed by atoms with E-state index < -0.39 is 0 Å². The minimum Gasteiger partial charge on any atom is -0.504 e. The Morgan fingerprint density at radius 3 is 1.83 bits per heavy atom. The number of hydrogen-bond donors (Lipinski definition) is 2. The first kappa shape index (κ1) is 17.4. The van der Waals surface area contributed by atoms with E-state index in [0.29, 0.717) is 6.42 Å². The van der Waals surface area contributed by atoms with Crippen molar-refractivity contribution in [3.05, 3.63) is 107 Å². The van der Waals surface area contributed by atoms with E-state index in [4.69, 9.17) is 4.74 Å². The van der Waals surface area contributed by atoms with Crippen LogP contribution in [0.25, 0.3) is 11.1 Å². The average molecular weight is 380 g/mol. The predicted molar refractivity (Wildman–Crippen MR) is 114 cm³/mol. The molecule has 0 saturated heterocycles. The van der Waals surface area contributed by atoms with Crippen LogP contribution in [-0.2, 0) is 12.8 Å². The van der Waals surface area contributed by atoms with Crippen molar-refractivity contribution >= 4 is 0 Å². The van der Waals surface area contributed by atoms with Crippen molar-refractivity contribution in [2.45, 2.75) is 12.8 Å². The van der Waals surface area contributed by atoms with Gasteiger partial charge in [0.15, 0.2) is 11.5 Å². The molecule has 0 atom stereocenters. The van der Waals surface area contributed by atoms with Crippen molar-refractivity contribution in [1.29, 1.82) is 0 Å². The highest BCUT2D eigenvalue weighted by Gasteiger charge is 2.22. The van der Waals surface area contributed by atoms with Crippen LogP contribution in [0.5, 0.6) is 23.0 Å². The first-order chi connectivity index (χ1) is 14.2. The lowest BCUT2D eigenvalue weighted by molar-refractivity contribution is 0.401. The largest absolute Gasteiger partial charge is 0.504 e. The number of fused-ring (bicyclic) bond motifs is 5. The molecule has 1 heterocycles. The summed E-state index contributed by atoms with van der Waals surface area (Å²) in [4.78, 5) is 0. The third-order valence-corrected chi connectivity index (χ3v) is 5.48. The van der Waals surface area contributed by atoms with E-state index in [1.807, 2.05) is 54.6 Å². The zero-order chi connectivity index (χ0) is 19.8. The van der Waals surface area contributed by atoms with E-state index in [2.05, 4.69) is 24.3 Å².